The van der Waals surface area contributed by atoms with E-state index in [-0.39, 0.29) is 22.0 Å². The van der Waals surface area contributed by atoms with Crippen LogP contribution in [0.5, 0.6) is 0 Å². The lowest BCUT2D eigenvalue weighted by molar-refractivity contribution is -0.114. The number of nitrogens with zero attached hydrogens (tertiary/aromatic N) is 2. The number of hydrogen-bond donors (Lipinski definition) is 3. The van der Waals surface area contributed by atoms with E-state index in [1.807, 2.05) is 13.8 Å². The Bertz CT molecular complexity index is 387. The van der Waals surface area contributed by atoms with Gasteiger partial charge in [0.15, 0.2) is 16.6 Å². The number of thiocarbonyl (C=S) groups is 1. The van der Waals surface area contributed by atoms with Crippen LogP contribution in [0, 0.1) is 5.41 Å². The Morgan fingerprint density at radius 1 is 1.56 bits per heavy atom. The number of nitrogens with one attached hydrogen (secondary N) is 1. The maximum absolute atomic E-state index is 11.6. The third-order valence-electron chi connectivity index (χ3n) is 2.22. The van der Waals surface area contributed by atoms with E-state index >= 15 is 0 Å². The van der Waals surface area contributed by atoms with Crippen LogP contribution in [0.4, 0.5) is 0 Å². The van der Waals surface area contributed by atoms with Crippen molar-refractivity contribution in [1.82, 2.24) is 5.43 Å². The zero-order valence-electron chi connectivity index (χ0n) is 9.15. The second kappa shape index (κ2) is 4.56. The van der Waals surface area contributed by atoms with Crippen LogP contribution in [0.15, 0.2) is 10.3 Å². The number of nitrogens with two attached hydrogens (primary N) is 1. The highest BCUT2D eigenvalue weighted by molar-refractivity contribution is 7.80. The van der Waals surface area contributed by atoms with Crippen molar-refractivity contribution in [2.75, 3.05) is 0 Å². The molecule has 0 bridgehead atoms. The average molecular weight is 242 g/mol. The molecular weight excluding hydrogens is 228 g/mol. The predicted octanol–water partition coefficient (Wildman–Crippen LogP) is 0.395. The van der Waals surface area contributed by atoms with Crippen LogP contribution in [0.3, 0.4) is 0 Å². The molecule has 16 heavy (non-hydrogen) atoms. The minimum Gasteiger partial charge on any atom is -0.410 e. The third-order valence-corrected chi connectivity index (χ3v) is 2.31. The van der Waals surface area contributed by atoms with E-state index in [4.69, 9.17) is 10.9 Å². The number of rotatable bonds is 1. The number of hydrazone groups is 1. The van der Waals surface area contributed by atoms with Crippen LogP contribution >= 0.6 is 12.2 Å². The molecule has 88 valence electrons. The minimum atomic E-state index is -0.234. The highest BCUT2D eigenvalue weighted by atomic mass is 32.1. The van der Waals surface area contributed by atoms with Crippen molar-refractivity contribution in [2.45, 2.75) is 26.7 Å². The highest BCUT2D eigenvalue weighted by Gasteiger charge is 2.36. The van der Waals surface area contributed by atoms with Crippen molar-refractivity contribution in [1.29, 1.82) is 0 Å². The van der Waals surface area contributed by atoms with Crippen molar-refractivity contribution in [3.63, 3.8) is 0 Å². The van der Waals surface area contributed by atoms with Crippen LogP contribution in [0.1, 0.15) is 26.7 Å². The van der Waals surface area contributed by atoms with E-state index < -0.39 is 0 Å². The second-order valence-electron chi connectivity index (χ2n) is 4.42. The standard InChI is InChI=1S/C9H14N4O2S/c1-9(2)3-5(11-12-8(10)16)7(13-15)6(14)4-9/h15H,3-4H2,1-2H3,(H3,10,12,16). The SMILES string of the molecule is CC1(C)CC(=O)C(=NO)C(=NNC(N)=S)C1. The van der Waals surface area contributed by atoms with Gasteiger partial charge in [-0.1, -0.05) is 19.0 Å². The van der Waals surface area contributed by atoms with E-state index in [0.717, 1.165) is 0 Å². The summed E-state index contributed by atoms with van der Waals surface area (Å²) in [5.74, 6) is -0.234. The first-order valence-corrected chi connectivity index (χ1v) is 5.14. The Kier molecular flexibility index (Phi) is 3.58. The summed E-state index contributed by atoms with van der Waals surface area (Å²) in [7, 11) is 0. The van der Waals surface area contributed by atoms with Gasteiger partial charge in [-0.05, 0) is 24.1 Å². The molecule has 6 nitrogen and oxygen atoms in total. The quantitative estimate of drug-likeness (QED) is 0.351. The molecule has 0 aromatic heterocycles. The Morgan fingerprint density at radius 3 is 2.69 bits per heavy atom. The van der Waals surface area contributed by atoms with Gasteiger partial charge in [0.1, 0.15) is 0 Å². The molecule has 0 spiro atoms. The molecular formula is C9H14N4O2S. The molecule has 0 heterocycles. The van der Waals surface area contributed by atoms with Crippen molar-refractivity contribution in [2.24, 2.45) is 21.4 Å². The summed E-state index contributed by atoms with van der Waals surface area (Å²) in [6.45, 7) is 3.88. The molecule has 4 N–H and O–H groups in total. The molecule has 0 saturated heterocycles. The predicted molar refractivity (Wildman–Crippen MR) is 64.6 cm³/mol. The topological polar surface area (TPSA) is 100 Å². The average Bonchev–Trinajstić information content (AvgIpc) is 2.12. The maximum Gasteiger partial charge on any atom is 0.187 e. The molecule has 0 unspecified atom stereocenters. The van der Waals surface area contributed by atoms with Gasteiger partial charge in [-0.15, -0.1) is 0 Å². The first-order valence-electron chi connectivity index (χ1n) is 4.73. The second-order valence-corrected chi connectivity index (χ2v) is 4.86. The summed E-state index contributed by atoms with van der Waals surface area (Å²) < 4.78 is 0. The Morgan fingerprint density at radius 2 is 2.19 bits per heavy atom. The molecule has 1 saturated carbocycles. The van der Waals surface area contributed by atoms with E-state index in [1.165, 1.54) is 0 Å². The fourth-order valence-electron chi connectivity index (χ4n) is 1.61. The van der Waals surface area contributed by atoms with Crippen LogP contribution < -0.4 is 11.2 Å². The summed E-state index contributed by atoms with van der Waals surface area (Å²) in [4.78, 5) is 11.6. The van der Waals surface area contributed by atoms with E-state index in [2.05, 4.69) is 27.9 Å². The molecule has 0 aromatic carbocycles. The molecule has 0 aliphatic heterocycles. The lowest BCUT2D eigenvalue weighted by Gasteiger charge is -2.29. The zero-order valence-corrected chi connectivity index (χ0v) is 9.97. The van der Waals surface area contributed by atoms with E-state index in [0.29, 0.717) is 18.6 Å². The van der Waals surface area contributed by atoms with Crippen molar-refractivity contribution in [3.05, 3.63) is 0 Å². The monoisotopic (exact) mass is 242 g/mol. The Balaban J connectivity index is 2.98. The molecule has 1 fully saturated rings. The Labute approximate surface area is 98.6 Å². The normalized spacial score (nSPS) is 24.8. The van der Waals surface area contributed by atoms with Gasteiger partial charge >= 0.3 is 0 Å². The molecule has 7 heteroatoms. The summed E-state index contributed by atoms with van der Waals surface area (Å²) >= 11 is 4.60. The maximum atomic E-state index is 11.6. The molecule has 1 aliphatic rings. The van der Waals surface area contributed by atoms with Gasteiger partial charge < -0.3 is 10.9 Å². The molecule has 1 rings (SSSR count). The summed E-state index contributed by atoms with van der Waals surface area (Å²) in [6, 6.07) is 0. The fraction of sp³-hybridized carbons (Fsp3) is 0.556. The number of carbonyl (C=O) groups is 1. The molecule has 0 aromatic rings. The van der Waals surface area contributed by atoms with Crippen LogP contribution in [-0.2, 0) is 4.79 Å². The fourth-order valence-corrected chi connectivity index (χ4v) is 1.65. The summed E-state index contributed by atoms with van der Waals surface area (Å²) in [6.07, 6.45) is 0.853. The van der Waals surface area contributed by atoms with Crippen molar-refractivity contribution in [3.8, 4) is 0 Å². The molecule has 0 atom stereocenters. The van der Waals surface area contributed by atoms with Gasteiger partial charge in [0.25, 0.3) is 0 Å². The van der Waals surface area contributed by atoms with Gasteiger partial charge in [0.05, 0.1) is 5.71 Å². The largest absolute Gasteiger partial charge is 0.410 e. The van der Waals surface area contributed by atoms with Crippen LogP contribution in [-0.4, -0.2) is 27.5 Å². The van der Waals surface area contributed by atoms with Crippen LogP contribution in [0.2, 0.25) is 0 Å². The molecule has 0 amide bonds. The number of carbonyl (C=O) groups excluding carboxylic acids is 1. The van der Waals surface area contributed by atoms with Gasteiger partial charge in [-0.3, -0.25) is 10.2 Å². The van der Waals surface area contributed by atoms with Gasteiger partial charge in [-0.2, -0.15) is 5.10 Å². The lowest BCUT2D eigenvalue weighted by atomic mass is 9.75. The summed E-state index contributed by atoms with van der Waals surface area (Å²) in [5.41, 5.74) is 7.76. The first kappa shape index (κ1) is 12.6. The number of ketones is 1. The lowest BCUT2D eigenvalue weighted by Crippen LogP contribution is -2.40. The van der Waals surface area contributed by atoms with Gasteiger partial charge in [0, 0.05) is 6.42 Å². The highest BCUT2D eigenvalue weighted by Crippen LogP contribution is 2.30. The smallest absolute Gasteiger partial charge is 0.187 e. The zero-order chi connectivity index (χ0) is 12.3. The van der Waals surface area contributed by atoms with E-state index in [1.54, 1.807) is 0 Å². The van der Waals surface area contributed by atoms with Crippen molar-refractivity contribution >= 4 is 34.5 Å². The number of oxime groups is 1. The van der Waals surface area contributed by atoms with Gasteiger partial charge in [-0.25, -0.2) is 0 Å². The van der Waals surface area contributed by atoms with Gasteiger partial charge in [0.2, 0.25) is 0 Å². The number of Topliss-reactive ketones (excluding diaryl/α,β-unsaturated/α-hetero) is 1. The van der Waals surface area contributed by atoms with E-state index in [9.17, 15) is 4.79 Å². The molecule has 1 aliphatic carbocycles. The minimum absolute atomic E-state index is 0.000573. The number of hydrogen-bond acceptors (Lipinski definition) is 5. The third kappa shape index (κ3) is 2.99. The van der Waals surface area contributed by atoms with Crippen LogP contribution in [0.25, 0.3) is 0 Å². The Hall–Kier alpha value is -1.50. The summed E-state index contributed by atoms with van der Waals surface area (Å²) in [5, 5.41) is 15.6. The molecule has 0 radical (unpaired) electrons. The van der Waals surface area contributed by atoms with Crippen molar-refractivity contribution < 1.29 is 10.0 Å². The first-order chi connectivity index (χ1) is 7.35.